The van der Waals surface area contributed by atoms with E-state index in [1.54, 1.807) is 36.4 Å². The molecule has 0 heterocycles. The SMILES string of the molecule is CCCNCCNC(=O)c1ccccc1C(=O)c1ccccc1. The Kier molecular flexibility index (Phi) is 6.51. The van der Waals surface area contributed by atoms with Crippen molar-refractivity contribution in [2.24, 2.45) is 0 Å². The molecule has 0 unspecified atom stereocenters. The molecular formula is C19H22N2O2. The Balaban J connectivity index is 2.08. The summed E-state index contributed by atoms with van der Waals surface area (Å²) in [5, 5.41) is 6.07. The topological polar surface area (TPSA) is 58.2 Å². The van der Waals surface area contributed by atoms with Crippen LogP contribution in [0.3, 0.4) is 0 Å². The highest BCUT2D eigenvalue weighted by Gasteiger charge is 2.17. The van der Waals surface area contributed by atoms with Gasteiger partial charge < -0.3 is 10.6 Å². The monoisotopic (exact) mass is 310 g/mol. The standard InChI is InChI=1S/C19H22N2O2/c1-2-12-20-13-14-21-19(23)17-11-7-6-10-16(17)18(22)15-8-4-3-5-9-15/h3-11,20H,2,12-14H2,1H3,(H,21,23). The molecule has 0 aliphatic heterocycles. The summed E-state index contributed by atoms with van der Waals surface area (Å²) in [7, 11) is 0. The fraction of sp³-hybridized carbons (Fsp3) is 0.263. The van der Waals surface area contributed by atoms with Gasteiger partial charge in [0.1, 0.15) is 0 Å². The summed E-state index contributed by atoms with van der Waals surface area (Å²) >= 11 is 0. The Bertz CT molecular complexity index is 653. The Labute approximate surface area is 136 Å². The largest absolute Gasteiger partial charge is 0.351 e. The van der Waals surface area contributed by atoms with E-state index in [0.717, 1.165) is 13.0 Å². The Morgan fingerprint density at radius 2 is 1.48 bits per heavy atom. The molecule has 2 aromatic rings. The second-order valence-electron chi connectivity index (χ2n) is 5.25. The first kappa shape index (κ1) is 16.9. The summed E-state index contributed by atoms with van der Waals surface area (Å²) in [6, 6.07) is 15.9. The van der Waals surface area contributed by atoms with Crippen LogP contribution < -0.4 is 10.6 Å². The minimum Gasteiger partial charge on any atom is -0.351 e. The molecule has 23 heavy (non-hydrogen) atoms. The summed E-state index contributed by atoms with van der Waals surface area (Å²) in [5.41, 5.74) is 1.42. The van der Waals surface area contributed by atoms with Crippen molar-refractivity contribution < 1.29 is 9.59 Å². The molecule has 0 fully saturated rings. The number of ketones is 1. The quantitative estimate of drug-likeness (QED) is 0.582. The van der Waals surface area contributed by atoms with Gasteiger partial charge in [0.15, 0.2) is 5.78 Å². The number of hydrogen-bond acceptors (Lipinski definition) is 3. The third-order valence-corrected chi connectivity index (χ3v) is 3.47. The smallest absolute Gasteiger partial charge is 0.252 e. The predicted octanol–water partition coefficient (Wildman–Crippen LogP) is 2.65. The molecule has 4 heteroatoms. The maximum atomic E-state index is 12.6. The molecule has 120 valence electrons. The van der Waals surface area contributed by atoms with Crippen molar-refractivity contribution in [1.82, 2.24) is 10.6 Å². The molecule has 0 aromatic heterocycles. The van der Waals surface area contributed by atoms with E-state index in [4.69, 9.17) is 0 Å². The van der Waals surface area contributed by atoms with Crippen LogP contribution in [0.5, 0.6) is 0 Å². The first-order valence-electron chi connectivity index (χ1n) is 7.91. The number of rotatable bonds is 8. The fourth-order valence-electron chi connectivity index (χ4n) is 2.29. The minimum absolute atomic E-state index is 0.138. The van der Waals surface area contributed by atoms with Gasteiger partial charge in [0.2, 0.25) is 0 Å². The number of carbonyl (C=O) groups is 2. The average molecular weight is 310 g/mol. The minimum atomic E-state index is -0.219. The van der Waals surface area contributed by atoms with Crippen molar-refractivity contribution in [3.8, 4) is 0 Å². The Hall–Kier alpha value is -2.46. The van der Waals surface area contributed by atoms with E-state index in [0.29, 0.717) is 29.8 Å². The van der Waals surface area contributed by atoms with Gasteiger partial charge >= 0.3 is 0 Å². The highest BCUT2D eigenvalue weighted by Crippen LogP contribution is 2.14. The molecule has 0 radical (unpaired) electrons. The Morgan fingerprint density at radius 1 is 0.826 bits per heavy atom. The van der Waals surface area contributed by atoms with Crippen molar-refractivity contribution in [1.29, 1.82) is 0 Å². The molecule has 0 bridgehead atoms. The summed E-state index contributed by atoms with van der Waals surface area (Å²) in [4.78, 5) is 24.9. The molecule has 0 atom stereocenters. The van der Waals surface area contributed by atoms with E-state index in [-0.39, 0.29) is 11.7 Å². The van der Waals surface area contributed by atoms with Crippen LogP contribution in [0.25, 0.3) is 0 Å². The van der Waals surface area contributed by atoms with E-state index < -0.39 is 0 Å². The molecule has 2 aromatic carbocycles. The summed E-state index contributed by atoms with van der Waals surface area (Å²) in [6.45, 7) is 4.27. The lowest BCUT2D eigenvalue weighted by atomic mass is 9.98. The van der Waals surface area contributed by atoms with E-state index in [9.17, 15) is 9.59 Å². The number of hydrogen-bond donors (Lipinski definition) is 2. The molecule has 0 aliphatic carbocycles. The maximum Gasteiger partial charge on any atom is 0.252 e. The zero-order valence-electron chi connectivity index (χ0n) is 13.3. The van der Waals surface area contributed by atoms with E-state index >= 15 is 0 Å². The van der Waals surface area contributed by atoms with Gasteiger partial charge in [-0.25, -0.2) is 0 Å². The van der Waals surface area contributed by atoms with Crippen LogP contribution in [0.2, 0.25) is 0 Å². The van der Waals surface area contributed by atoms with Crippen LogP contribution in [0.15, 0.2) is 54.6 Å². The maximum absolute atomic E-state index is 12.6. The zero-order chi connectivity index (χ0) is 16.5. The zero-order valence-corrected chi connectivity index (χ0v) is 13.3. The third-order valence-electron chi connectivity index (χ3n) is 3.47. The van der Waals surface area contributed by atoms with Crippen LogP contribution in [0, 0.1) is 0 Å². The molecule has 4 nitrogen and oxygen atoms in total. The second-order valence-corrected chi connectivity index (χ2v) is 5.25. The summed E-state index contributed by atoms with van der Waals surface area (Å²) in [5.74, 6) is -0.358. The lowest BCUT2D eigenvalue weighted by Crippen LogP contribution is -2.32. The third kappa shape index (κ3) is 4.76. The van der Waals surface area contributed by atoms with Crippen LogP contribution >= 0.6 is 0 Å². The van der Waals surface area contributed by atoms with Crippen molar-refractivity contribution in [2.75, 3.05) is 19.6 Å². The first-order chi connectivity index (χ1) is 11.2. The summed E-state index contributed by atoms with van der Waals surface area (Å²) in [6.07, 6.45) is 1.06. The van der Waals surface area contributed by atoms with Gasteiger partial charge in [0.05, 0.1) is 5.56 Å². The van der Waals surface area contributed by atoms with Crippen molar-refractivity contribution in [2.45, 2.75) is 13.3 Å². The van der Waals surface area contributed by atoms with E-state index in [1.807, 2.05) is 18.2 Å². The van der Waals surface area contributed by atoms with Gasteiger partial charge in [-0.05, 0) is 19.0 Å². The van der Waals surface area contributed by atoms with Crippen LogP contribution in [0.4, 0.5) is 0 Å². The molecular weight excluding hydrogens is 288 g/mol. The molecule has 0 saturated carbocycles. The predicted molar refractivity (Wildman–Crippen MR) is 91.8 cm³/mol. The van der Waals surface area contributed by atoms with Crippen LogP contribution in [0.1, 0.15) is 39.6 Å². The molecule has 0 saturated heterocycles. The van der Waals surface area contributed by atoms with Crippen molar-refractivity contribution in [3.05, 3.63) is 71.3 Å². The van der Waals surface area contributed by atoms with Crippen molar-refractivity contribution in [3.63, 3.8) is 0 Å². The van der Waals surface area contributed by atoms with Gasteiger partial charge in [-0.2, -0.15) is 0 Å². The van der Waals surface area contributed by atoms with Gasteiger partial charge in [0.25, 0.3) is 5.91 Å². The normalized spacial score (nSPS) is 10.3. The number of amides is 1. The number of benzene rings is 2. The lowest BCUT2D eigenvalue weighted by molar-refractivity contribution is 0.0942. The second kappa shape index (κ2) is 8.86. The molecule has 2 rings (SSSR count). The average Bonchev–Trinajstić information content (AvgIpc) is 2.61. The number of nitrogens with one attached hydrogen (secondary N) is 2. The van der Waals surface area contributed by atoms with Crippen LogP contribution in [-0.4, -0.2) is 31.3 Å². The highest BCUT2D eigenvalue weighted by molar-refractivity contribution is 6.15. The van der Waals surface area contributed by atoms with Gasteiger partial charge in [-0.15, -0.1) is 0 Å². The molecule has 0 aliphatic rings. The van der Waals surface area contributed by atoms with E-state index in [1.165, 1.54) is 0 Å². The Morgan fingerprint density at radius 3 is 2.17 bits per heavy atom. The van der Waals surface area contributed by atoms with Crippen LogP contribution in [-0.2, 0) is 0 Å². The highest BCUT2D eigenvalue weighted by atomic mass is 16.2. The van der Waals surface area contributed by atoms with Crippen molar-refractivity contribution >= 4 is 11.7 Å². The molecule has 0 spiro atoms. The number of carbonyl (C=O) groups excluding carboxylic acids is 2. The van der Waals surface area contributed by atoms with Gasteiger partial charge in [-0.3, -0.25) is 9.59 Å². The van der Waals surface area contributed by atoms with Gasteiger partial charge in [0, 0.05) is 24.2 Å². The lowest BCUT2D eigenvalue weighted by Gasteiger charge is -2.10. The summed E-state index contributed by atoms with van der Waals surface area (Å²) < 4.78 is 0. The van der Waals surface area contributed by atoms with Gasteiger partial charge in [-0.1, -0.05) is 55.5 Å². The van der Waals surface area contributed by atoms with E-state index in [2.05, 4.69) is 17.6 Å². The fourth-order valence-corrected chi connectivity index (χ4v) is 2.29. The molecule has 2 N–H and O–H groups in total. The molecule has 1 amide bonds. The first-order valence-corrected chi connectivity index (χ1v) is 7.91.